The molecule has 9 heteroatoms. The van der Waals surface area contributed by atoms with Gasteiger partial charge in [-0.25, -0.2) is 4.79 Å². The van der Waals surface area contributed by atoms with E-state index < -0.39 is 10.9 Å². The molecule has 0 fully saturated rings. The van der Waals surface area contributed by atoms with Crippen molar-refractivity contribution in [3.63, 3.8) is 0 Å². The predicted octanol–water partition coefficient (Wildman–Crippen LogP) is 4.26. The van der Waals surface area contributed by atoms with Gasteiger partial charge in [0.25, 0.3) is 11.6 Å². The van der Waals surface area contributed by atoms with Gasteiger partial charge in [0.15, 0.2) is 6.61 Å². The molecule has 0 saturated carbocycles. The Bertz CT molecular complexity index is 1150. The topological polar surface area (TPSA) is 122 Å². The Hall–Kier alpha value is -4.27. The lowest BCUT2D eigenvalue weighted by molar-refractivity contribution is -0.384. The highest BCUT2D eigenvalue weighted by atomic mass is 16.6. The first-order valence-electron chi connectivity index (χ1n) is 8.50. The van der Waals surface area contributed by atoms with E-state index in [-0.39, 0.29) is 23.9 Å². The lowest BCUT2D eigenvalue weighted by Gasteiger charge is -1.99. The molecule has 0 radical (unpaired) electrons. The van der Waals surface area contributed by atoms with Crippen LogP contribution in [-0.4, -0.2) is 21.0 Å². The van der Waals surface area contributed by atoms with Gasteiger partial charge in [0.05, 0.1) is 4.92 Å². The van der Waals surface area contributed by atoms with Crippen molar-refractivity contribution in [2.24, 2.45) is 0 Å². The molecule has 0 N–H and O–H groups in total. The predicted molar refractivity (Wildman–Crippen MR) is 99.7 cm³/mol. The highest BCUT2D eigenvalue weighted by Gasteiger charge is 2.17. The molecule has 0 atom stereocenters. The first-order chi connectivity index (χ1) is 14.1. The van der Waals surface area contributed by atoms with Crippen molar-refractivity contribution in [3.05, 3.63) is 88.5 Å². The molecular formula is C20H13N3O6. The number of nitro benzene ring substituents is 1. The summed E-state index contributed by atoms with van der Waals surface area (Å²) in [5.41, 5.74) is 1.35. The van der Waals surface area contributed by atoms with Crippen LogP contribution in [0.4, 0.5) is 5.69 Å². The smallest absolute Gasteiger partial charge is 0.374 e. The number of carbonyl (C=O) groups excluding carboxylic acids is 1. The molecule has 0 unspecified atom stereocenters. The number of aromatic nitrogens is 2. The molecular weight excluding hydrogens is 378 g/mol. The minimum Gasteiger partial charge on any atom is -0.450 e. The number of hydrogen-bond acceptors (Lipinski definition) is 8. The zero-order valence-corrected chi connectivity index (χ0v) is 14.8. The molecule has 0 aliphatic heterocycles. The third kappa shape index (κ3) is 4.03. The fourth-order valence-corrected chi connectivity index (χ4v) is 2.57. The maximum Gasteiger partial charge on any atom is 0.374 e. The second-order valence-corrected chi connectivity index (χ2v) is 5.92. The van der Waals surface area contributed by atoms with Crippen molar-refractivity contribution >= 4 is 11.7 Å². The average Bonchev–Trinajstić information content (AvgIpc) is 3.43. The van der Waals surface area contributed by atoms with Crippen LogP contribution >= 0.6 is 0 Å². The molecule has 0 saturated heterocycles. The first-order valence-corrected chi connectivity index (χ1v) is 8.50. The van der Waals surface area contributed by atoms with Crippen LogP contribution in [-0.2, 0) is 11.3 Å². The van der Waals surface area contributed by atoms with Gasteiger partial charge >= 0.3 is 5.97 Å². The summed E-state index contributed by atoms with van der Waals surface area (Å²) < 4.78 is 15.7. The molecule has 9 nitrogen and oxygen atoms in total. The molecule has 144 valence electrons. The number of nitro groups is 1. The van der Waals surface area contributed by atoms with Crippen molar-refractivity contribution in [2.75, 3.05) is 0 Å². The third-order valence-electron chi connectivity index (χ3n) is 4.00. The van der Waals surface area contributed by atoms with Crippen molar-refractivity contribution in [2.45, 2.75) is 6.61 Å². The van der Waals surface area contributed by atoms with Gasteiger partial charge in [-0.1, -0.05) is 35.5 Å². The molecule has 4 aromatic rings. The highest BCUT2D eigenvalue weighted by molar-refractivity contribution is 5.87. The monoisotopic (exact) mass is 391 g/mol. The normalized spacial score (nSPS) is 10.6. The number of furan rings is 1. The first kappa shape index (κ1) is 18.1. The zero-order chi connectivity index (χ0) is 20.2. The summed E-state index contributed by atoms with van der Waals surface area (Å²) in [5, 5.41) is 14.6. The summed E-state index contributed by atoms with van der Waals surface area (Å²) in [6.07, 6.45) is 0. The lowest BCUT2D eigenvalue weighted by Crippen LogP contribution is -2.04. The number of esters is 1. The molecule has 2 aromatic heterocycles. The number of nitrogens with zero attached hydrogens (tertiary/aromatic N) is 3. The van der Waals surface area contributed by atoms with Crippen LogP contribution in [0.25, 0.3) is 22.7 Å². The van der Waals surface area contributed by atoms with Crippen LogP contribution in [0.15, 0.2) is 75.7 Å². The third-order valence-corrected chi connectivity index (χ3v) is 4.00. The van der Waals surface area contributed by atoms with E-state index in [9.17, 15) is 14.9 Å². The maximum atomic E-state index is 12.2. The Balaban J connectivity index is 1.40. The summed E-state index contributed by atoms with van der Waals surface area (Å²) in [6.45, 7) is -0.202. The molecule has 2 aromatic carbocycles. The van der Waals surface area contributed by atoms with Gasteiger partial charge in [0.1, 0.15) is 5.76 Å². The Morgan fingerprint density at radius 2 is 1.76 bits per heavy atom. The lowest BCUT2D eigenvalue weighted by atomic mass is 10.1. The van der Waals surface area contributed by atoms with Crippen LogP contribution in [0.2, 0.25) is 0 Å². The van der Waals surface area contributed by atoms with Crippen LogP contribution < -0.4 is 0 Å². The number of carbonyl (C=O) groups is 1. The van der Waals surface area contributed by atoms with Crippen molar-refractivity contribution in [1.82, 2.24) is 10.1 Å². The summed E-state index contributed by atoms with van der Waals surface area (Å²) in [5.74, 6) is 0.226. The Kier molecular flexibility index (Phi) is 4.85. The van der Waals surface area contributed by atoms with Crippen LogP contribution in [0.1, 0.15) is 16.4 Å². The SMILES string of the molecule is O=C(OCc1nc(-c2ccccc2)no1)c1ccc(-c2ccc([N+](=O)[O-])cc2)o1. The van der Waals surface area contributed by atoms with Gasteiger partial charge in [-0.3, -0.25) is 10.1 Å². The second kappa shape index (κ2) is 7.77. The number of rotatable bonds is 6. The molecule has 0 aliphatic carbocycles. The van der Waals surface area contributed by atoms with E-state index >= 15 is 0 Å². The maximum absolute atomic E-state index is 12.2. The summed E-state index contributed by atoms with van der Waals surface area (Å²) in [4.78, 5) is 26.6. The largest absolute Gasteiger partial charge is 0.450 e. The zero-order valence-electron chi connectivity index (χ0n) is 14.8. The quantitative estimate of drug-likeness (QED) is 0.271. The number of hydrogen-bond donors (Lipinski definition) is 0. The summed E-state index contributed by atoms with van der Waals surface area (Å²) in [6, 6.07) is 18.1. The number of benzene rings is 2. The van der Waals surface area contributed by atoms with Gasteiger partial charge in [-0.2, -0.15) is 4.98 Å². The standard InChI is InChI=1S/C20H13N3O6/c24-20(27-12-18-21-19(22-29-18)14-4-2-1-3-5-14)17-11-10-16(28-17)13-6-8-15(9-7-13)23(25)26/h1-11H,12H2. The average molecular weight is 391 g/mol. The van der Waals surface area contributed by atoms with Gasteiger partial charge < -0.3 is 13.7 Å². The van der Waals surface area contributed by atoms with E-state index in [4.69, 9.17) is 13.7 Å². The molecule has 0 amide bonds. The minimum absolute atomic E-state index is 0.0128. The molecule has 29 heavy (non-hydrogen) atoms. The van der Waals surface area contributed by atoms with E-state index in [1.54, 1.807) is 6.07 Å². The van der Waals surface area contributed by atoms with Gasteiger partial charge in [-0.15, -0.1) is 0 Å². The Morgan fingerprint density at radius 3 is 2.48 bits per heavy atom. The minimum atomic E-state index is -0.697. The van der Waals surface area contributed by atoms with E-state index in [1.807, 2.05) is 30.3 Å². The van der Waals surface area contributed by atoms with Gasteiger partial charge in [-0.05, 0) is 24.3 Å². The van der Waals surface area contributed by atoms with Crippen LogP contribution in [0.3, 0.4) is 0 Å². The van der Waals surface area contributed by atoms with E-state index in [1.165, 1.54) is 30.3 Å². The van der Waals surface area contributed by atoms with Crippen molar-refractivity contribution in [3.8, 4) is 22.7 Å². The number of non-ortho nitro benzene ring substituents is 1. The fraction of sp³-hybridized carbons (Fsp3) is 0.0500. The molecule has 2 heterocycles. The second-order valence-electron chi connectivity index (χ2n) is 5.92. The summed E-state index contributed by atoms with van der Waals surface area (Å²) >= 11 is 0. The molecule has 0 bridgehead atoms. The van der Waals surface area contributed by atoms with Crippen molar-refractivity contribution in [1.29, 1.82) is 0 Å². The molecule has 4 rings (SSSR count). The highest BCUT2D eigenvalue weighted by Crippen LogP contribution is 2.25. The Morgan fingerprint density at radius 1 is 1.00 bits per heavy atom. The molecule has 0 spiro atoms. The van der Waals surface area contributed by atoms with Gasteiger partial charge in [0.2, 0.25) is 11.6 Å². The van der Waals surface area contributed by atoms with Crippen LogP contribution in [0.5, 0.6) is 0 Å². The van der Waals surface area contributed by atoms with Gasteiger partial charge in [0, 0.05) is 23.3 Å². The Labute approximate surface area is 163 Å². The molecule has 0 aliphatic rings. The van der Waals surface area contributed by atoms with Crippen molar-refractivity contribution < 1.29 is 23.4 Å². The summed E-state index contributed by atoms with van der Waals surface area (Å²) in [7, 11) is 0. The fourth-order valence-electron chi connectivity index (χ4n) is 2.57. The number of ether oxygens (including phenoxy) is 1. The van der Waals surface area contributed by atoms with E-state index in [2.05, 4.69) is 10.1 Å². The van der Waals surface area contributed by atoms with E-state index in [0.29, 0.717) is 17.1 Å². The van der Waals surface area contributed by atoms with E-state index in [0.717, 1.165) is 5.56 Å². The van der Waals surface area contributed by atoms with Crippen LogP contribution in [0, 0.1) is 10.1 Å².